The largest absolute Gasteiger partial charge is 0.508 e. The van der Waals surface area contributed by atoms with Gasteiger partial charge in [-0.1, -0.05) is 12.1 Å². The van der Waals surface area contributed by atoms with Crippen molar-refractivity contribution < 1.29 is 9.90 Å². The van der Waals surface area contributed by atoms with Crippen molar-refractivity contribution in [3.05, 3.63) is 29.3 Å². The van der Waals surface area contributed by atoms with E-state index in [1.54, 1.807) is 25.1 Å². The second kappa shape index (κ2) is 5.87. The van der Waals surface area contributed by atoms with Crippen LogP contribution in [0.2, 0.25) is 0 Å². The molecule has 4 nitrogen and oxygen atoms in total. The summed E-state index contributed by atoms with van der Waals surface area (Å²) >= 11 is 0. The third-order valence-electron chi connectivity index (χ3n) is 3.18. The van der Waals surface area contributed by atoms with Crippen LogP contribution in [0.5, 0.6) is 5.75 Å². The average molecular weight is 250 g/mol. The van der Waals surface area contributed by atoms with Crippen molar-refractivity contribution in [2.75, 3.05) is 27.7 Å². The third kappa shape index (κ3) is 3.47. The monoisotopic (exact) mass is 250 g/mol. The summed E-state index contributed by atoms with van der Waals surface area (Å²) < 4.78 is 0. The zero-order valence-electron chi connectivity index (χ0n) is 11.8. The number of hydrogen-bond donors (Lipinski definition) is 1. The average Bonchev–Trinajstić information content (AvgIpc) is 2.27. The second-order valence-electron chi connectivity index (χ2n) is 4.94. The Kier molecular flexibility index (Phi) is 4.73. The number of amides is 1. The predicted octanol–water partition coefficient (Wildman–Crippen LogP) is 1.78. The van der Waals surface area contributed by atoms with Crippen LogP contribution in [-0.2, 0) is 4.79 Å². The molecule has 0 fully saturated rings. The quantitative estimate of drug-likeness (QED) is 0.886. The van der Waals surface area contributed by atoms with Gasteiger partial charge in [0.2, 0.25) is 5.91 Å². The summed E-state index contributed by atoms with van der Waals surface area (Å²) in [4.78, 5) is 15.1. The molecule has 1 unspecified atom stereocenters. The van der Waals surface area contributed by atoms with Crippen molar-refractivity contribution in [1.82, 2.24) is 9.80 Å². The molecule has 0 saturated heterocycles. The Morgan fingerprint density at radius 1 is 1.33 bits per heavy atom. The van der Waals surface area contributed by atoms with Crippen molar-refractivity contribution in [2.45, 2.75) is 19.9 Å². The van der Waals surface area contributed by atoms with Crippen molar-refractivity contribution >= 4 is 5.91 Å². The summed E-state index contributed by atoms with van der Waals surface area (Å²) in [5.41, 5.74) is 1.87. The number of phenolic OH excluding ortho intramolecular Hbond substituents is 1. The number of phenols is 1. The topological polar surface area (TPSA) is 43.8 Å². The van der Waals surface area contributed by atoms with Crippen LogP contribution >= 0.6 is 0 Å². The van der Waals surface area contributed by atoms with Gasteiger partial charge in [0.15, 0.2) is 0 Å². The smallest absolute Gasteiger partial charge is 0.236 e. The van der Waals surface area contributed by atoms with Crippen molar-refractivity contribution in [3.63, 3.8) is 0 Å². The van der Waals surface area contributed by atoms with Crippen molar-refractivity contribution in [1.29, 1.82) is 0 Å². The maximum Gasteiger partial charge on any atom is 0.236 e. The first-order chi connectivity index (χ1) is 8.32. The Balaban J connectivity index is 2.80. The van der Waals surface area contributed by atoms with Crippen molar-refractivity contribution in [2.24, 2.45) is 0 Å². The van der Waals surface area contributed by atoms with Crippen LogP contribution in [0.25, 0.3) is 0 Å². The van der Waals surface area contributed by atoms with Gasteiger partial charge < -0.3 is 10.0 Å². The number of aryl methyl sites for hydroxylation is 1. The fraction of sp³-hybridized carbons (Fsp3) is 0.500. The van der Waals surface area contributed by atoms with Gasteiger partial charge in [0, 0.05) is 25.7 Å². The summed E-state index contributed by atoms with van der Waals surface area (Å²) in [6.45, 7) is 4.25. The molecule has 4 heteroatoms. The highest BCUT2D eigenvalue weighted by Crippen LogP contribution is 2.28. The molecule has 1 amide bonds. The molecule has 0 radical (unpaired) electrons. The van der Waals surface area contributed by atoms with Crippen molar-refractivity contribution in [3.8, 4) is 5.75 Å². The van der Waals surface area contributed by atoms with E-state index in [-0.39, 0.29) is 17.7 Å². The number of aromatic hydroxyl groups is 1. The summed E-state index contributed by atoms with van der Waals surface area (Å²) in [5.74, 6) is 0.336. The molecule has 18 heavy (non-hydrogen) atoms. The number of rotatable bonds is 4. The van der Waals surface area contributed by atoms with E-state index in [1.807, 2.05) is 37.9 Å². The number of likely N-dealkylation sites (N-methyl/N-ethyl adjacent to an activating group) is 2. The van der Waals surface area contributed by atoms with Gasteiger partial charge in [-0.2, -0.15) is 0 Å². The van der Waals surface area contributed by atoms with E-state index in [1.165, 1.54) is 0 Å². The number of benzene rings is 1. The van der Waals surface area contributed by atoms with Gasteiger partial charge in [0.1, 0.15) is 5.75 Å². The molecule has 1 N–H and O–H groups in total. The molecule has 0 saturated carbocycles. The summed E-state index contributed by atoms with van der Waals surface area (Å²) in [5, 5.41) is 9.93. The molecular weight excluding hydrogens is 228 g/mol. The normalized spacial score (nSPS) is 12.6. The van der Waals surface area contributed by atoms with Crippen LogP contribution in [0.15, 0.2) is 18.2 Å². The highest BCUT2D eigenvalue weighted by Gasteiger charge is 2.18. The van der Waals surface area contributed by atoms with E-state index in [4.69, 9.17) is 0 Å². The van der Waals surface area contributed by atoms with E-state index in [0.29, 0.717) is 6.54 Å². The number of carbonyl (C=O) groups excluding carboxylic acids is 1. The minimum Gasteiger partial charge on any atom is -0.508 e. The molecule has 1 aromatic carbocycles. The molecular formula is C14H22N2O2. The Labute approximate surface area is 109 Å². The molecule has 1 aromatic rings. The molecule has 0 aliphatic carbocycles. The van der Waals surface area contributed by atoms with Crippen LogP contribution in [0.4, 0.5) is 0 Å². The summed E-state index contributed by atoms with van der Waals surface area (Å²) in [6, 6.07) is 5.61. The van der Waals surface area contributed by atoms with E-state index in [9.17, 15) is 9.90 Å². The van der Waals surface area contributed by atoms with Gasteiger partial charge in [0.05, 0.1) is 6.54 Å². The summed E-state index contributed by atoms with van der Waals surface area (Å²) in [7, 11) is 5.36. The van der Waals surface area contributed by atoms with E-state index in [2.05, 4.69) is 0 Å². The highest BCUT2D eigenvalue weighted by molar-refractivity contribution is 5.77. The predicted molar refractivity (Wildman–Crippen MR) is 72.6 cm³/mol. The first kappa shape index (κ1) is 14.5. The van der Waals surface area contributed by atoms with Crippen LogP contribution in [-0.4, -0.2) is 48.5 Å². The first-order valence-corrected chi connectivity index (χ1v) is 6.03. The number of hydrogen-bond acceptors (Lipinski definition) is 3. The van der Waals surface area contributed by atoms with E-state index < -0.39 is 0 Å². The van der Waals surface area contributed by atoms with E-state index in [0.717, 1.165) is 11.1 Å². The lowest BCUT2D eigenvalue weighted by Crippen LogP contribution is -2.35. The van der Waals surface area contributed by atoms with Crippen LogP contribution in [0.3, 0.4) is 0 Å². The fourth-order valence-corrected chi connectivity index (χ4v) is 1.74. The maximum atomic E-state index is 11.6. The van der Waals surface area contributed by atoms with Gasteiger partial charge in [0.25, 0.3) is 0 Å². The van der Waals surface area contributed by atoms with Gasteiger partial charge >= 0.3 is 0 Å². The molecule has 0 aliphatic rings. The summed E-state index contributed by atoms with van der Waals surface area (Å²) in [6.07, 6.45) is 0. The Bertz CT molecular complexity index is 430. The van der Waals surface area contributed by atoms with E-state index >= 15 is 0 Å². The number of nitrogens with zero attached hydrogens (tertiary/aromatic N) is 2. The Hall–Kier alpha value is -1.55. The van der Waals surface area contributed by atoms with Crippen LogP contribution in [0.1, 0.15) is 24.1 Å². The number of carbonyl (C=O) groups is 1. The maximum absolute atomic E-state index is 11.6. The molecule has 1 atom stereocenters. The van der Waals surface area contributed by atoms with Gasteiger partial charge in [-0.25, -0.2) is 0 Å². The standard InChI is InChI=1S/C14H22N2O2/c1-10-6-7-12(13(17)8-10)11(2)16(5)9-14(18)15(3)4/h6-8,11,17H,9H2,1-5H3. The fourth-order valence-electron chi connectivity index (χ4n) is 1.74. The zero-order chi connectivity index (χ0) is 13.9. The van der Waals surface area contributed by atoms with Crippen LogP contribution < -0.4 is 0 Å². The zero-order valence-corrected chi connectivity index (χ0v) is 11.8. The molecule has 100 valence electrons. The Morgan fingerprint density at radius 3 is 2.44 bits per heavy atom. The van der Waals surface area contributed by atoms with Crippen LogP contribution in [0, 0.1) is 6.92 Å². The SMILES string of the molecule is Cc1ccc(C(C)N(C)CC(=O)N(C)C)c(O)c1. The van der Waals surface area contributed by atoms with Gasteiger partial charge in [-0.15, -0.1) is 0 Å². The minimum absolute atomic E-state index is 0.00509. The highest BCUT2D eigenvalue weighted by atomic mass is 16.3. The molecule has 0 spiro atoms. The lowest BCUT2D eigenvalue weighted by atomic mass is 10.0. The first-order valence-electron chi connectivity index (χ1n) is 6.03. The molecule has 0 aliphatic heterocycles. The minimum atomic E-state index is -0.00509. The van der Waals surface area contributed by atoms with Gasteiger partial charge in [-0.3, -0.25) is 9.69 Å². The molecule has 0 aromatic heterocycles. The molecule has 0 heterocycles. The second-order valence-corrected chi connectivity index (χ2v) is 4.94. The molecule has 1 rings (SSSR count). The van der Waals surface area contributed by atoms with Gasteiger partial charge in [-0.05, 0) is 32.5 Å². The third-order valence-corrected chi connectivity index (χ3v) is 3.18. The Morgan fingerprint density at radius 2 is 1.94 bits per heavy atom. The lowest BCUT2D eigenvalue weighted by Gasteiger charge is -2.26. The lowest BCUT2D eigenvalue weighted by molar-refractivity contribution is -0.130. The molecule has 0 bridgehead atoms.